The van der Waals surface area contributed by atoms with Gasteiger partial charge in [0.25, 0.3) is 0 Å². The normalized spacial score (nSPS) is 20.1. The molecule has 0 radical (unpaired) electrons. The molecule has 1 aliphatic rings. The van der Waals surface area contributed by atoms with E-state index in [2.05, 4.69) is 35.0 Å². The summed E-state index contributed by atoms with van der Waals surface area (Å²) in [5.41, 5.74) is 5.96. The molecule has 190 valence electrons. The number of nitrogens with two attached hydrogens (primary N) is 1. The average Bonchev–Trinajstić information content (AvgIpc) is 3.28. The van der Waals surface area contributed by atoms with E-state index >= 15 is 0 Å². The van der Waals surface area contributed by atoms with Crippen LogP contribution in [0.4, 0.5) is 0 Å². The van der Waals surface area contributed by atoms with Crippen LogP contribution in [0, 0.1) is 0 Å². The Bertz CT molecular complexity index is 1010. The summed E-state index contributed by atoms with van der Waals surface area (Å²) in [5, 5.41) is 5.06. The number of thioether (sulfide) groups is 1. The Morgan fingerprint density at radius 2 is 2.06 bits per heavy atom. The summed E-state index contributed by atoms with van der Waals surface area (Å²) in [4.78, 5) is 27.6. The van der Waals surface area contributed by atoms with Crippen molar-refractivity contribution in [3.63, 3.8) is 0 Å². The molecule has 1 aliphatic heterocycles. The van der Waals surface area contributed by atoms with Gasteiger partial charge in [0.05, 0.1) is 13.2 Å². The van der Waals surface area contributed by atoms with Gasteiger partial charge in [-0.15, -0.1) is 0 Å². The fourth-order valence-electron chi connectivity index (χ4n) is 4.23. The Balaban J connectivity index is 1.76. The van der Waals surface area contributed by atoms with E-state index in [-0.39, 0.29) is 18.1 Å². The molecule has 1 unspecified atom stereocenters. The highest BCUT2D eigenvalue weighted by molar-refractivity contribution is 7.98. The van der Waals surface area contributed by atoms with Gasteiger partial charge in [-0.1, -0.05) is 48.6 Å². The third kappa shape index (κ3) is 7.64. The summed E-state index contributed by atoms with van der Waals surface area (Å²) in [6.45, 7) is 1.12. The molecule has 0 spiro atoms. The number of likely N-dealkylation sites (tertiary alicyclic amines) is 1. The van der Waals surface area contributed by atoms with Gasteiger partial charge in [-0.2, -0.15) is 24.4 Å². The first-order valence-electron chi connectivity index (χ1n) is 11.8. The van der Waals surface area contributed by atoms with Crippen molar-refractivity contribution in [3.05, 3.63) is 54.6 Å². The molecule has 1 fully saturated rings. The van der Waals surface area contributed by atoms with Crippen molar-refractivity contribution in [2.45, 2.75) is 37.1 Å². The van der Waals surface area contributed by atoms with E-state index in [0.29, 0.717) is 31.7 Å². The molecule has 7 nitrogen and oxygen atoms in total. The Morgan fingerprint density at radius 1 is 1.29 bits per heavy atom. The van der Waals surface area contributed by atoms with Crippen LogP contribution in [0.1, 0.15) is 12.8 Å². The molecule has 0 bridgehead atoms. The zero-order valence-electron chi connectivity index (χ0n) is 20.3. The first kappa shape index (κ1) is 27.4. The van der Waals surface area contributed by atoms with Crippen LogP contribution in [0.25, 0.3) is 10.8 Å². The predicted octanol–water partition coefficient (Wildman–Crippen LogP) is 2.89. The number of fused-ring (bicyclic) bond motifs is 1. The van der Waals surface area contributed by atoms with E-state index in [0.717, 1.165) is 22.3 Å². The molecule has 3 N–H and O–H groups in total. The number of esters is 1. The van der Waals surface area contributed by atoms with Gasteiger partial charge < -0.3 is 20.5 Å². The fraction of sp³-hybridized carbons (Fsp3) is 0.462. The summed E-state index contributed by atoms with van der Waals surface area (Å²) < 4.78 is 11.3. The lowest BCUT2D eigenvalue weighted by Crippen LogP contribution is -2.50. The number of carbonyl (C=O) groups is 2. The number of benzene rings is 2. The number of hydrogen-bond donors (Lipinski definition) is 3. The van der Waals surface area contributed by atoms with Crippen molar-refractivity contribution in [2.24, 2.45) is 5.73 Å². The number of amides is 1. The Hall–Kier alpha value is -2.20. The van der Waals surface area contributed by atoms with E-state index in [4.69, 9.17) is 15.2 Å². The molecule has 0 saturated carbocycles. The average molecular weight is 518 g/mol. The second kappa shape index (κ2) is 13.8. The molecular weight excluding hydrogens is 482 g/mol. The van der Waals surface area contributed by atoms with Crippen LogP contribution in [0.3, 0.4) is 0 Å². The number of nitrogens with zero attached hydrogens (tertiary/aromatic N) is 1. The maximum atomic E-state index is 13.3. The minimum absolute atomic E-state index is 0.147. The van der Waals surface area contributed by atoms with Crippen LogP contribution < -0.4 is 15.8 Å². The first-order valence-corrected chi connectivity index (χ1v) is 13.8. The number of thiol groups is 1. The maximum Gasteiger partial charge on any atom is 0.328 e. The molecule has 1 heterocycles. The number of rotatable bonds is 12. The highest BCUT2D eigenvalue weighted by Gasteiger charge is 2.39. The highest BCUT2D eigenvalue weighted by atomic mass is 32.2. The predicted molar refractivity (Wildman–Crippen MR) is 146 cm³/mol. The monoisotopic (exact) mass is 517 g/mol. The Kier molecular flexibility index (Phi) is 10.8. The molecular formula is C26H35N3O4S2. The largest absolute Gasteiger partial charge is 0.488 e. The van der Waals surface area contributed by atoms with E-state index in [1.165, 1.54) is 7.11 Å². The fourth-order valence-corrected chi connectivity index (χ4v) is 4.82. The molecule has 2 aromatic rings. The van der Waals surface area contributed by atoms with Crippen LogP contribution in [0.5, 0.6) is 5.75 Å². The molecule has 3 rings (SSSR count). The zero-order chi connectivity index (χ0) is 25.2. The van der Waals surface area contributed by atoms with E-state index in [1.807, 2.05) is 48.7 Å². The first-order chi connectivity index (χ1) is 17.0. The molecule has 35 heavy (non-hydrogen) atoms. The van der Waals surface area contributed by atoms with Crippen LogP contribution in [0.2, 0.25) is 0 Å². The van der Waals surface area contributed by atoms with Gasteiger partial charge in [-0.05, 0) is 29.9 Å². The van der Waals surface area contributed by atoms with Crippen molar-refractivity contribution < 1.29 is 19.1 Å². The van der Waals surface area contributed by atoms with E-state index in [9.17, 15) is 9.59 Å². The van der Waals surface area contributed by atoms with Crippen LogP contribution in [0.15, 0.2) is 54.6 Å². The minimum atomic E-state index is -0.673. The van der Waals surface area contributed by atoms with Crippen molar-refractivity contribution in [1.82, 2.24) is 10.2 Å². The standard InChI is InChI=1S/C26H35N3O4S2/c1-32-26(31)22(12-14-35-2)28-25(30)23-15-20(16-29(23)13-6-9-19(27)17-34)33-24-11-5-8-18-7-3-4-10-21(18)24/h3-11,19-20,22-23,34H,12-17,27H2,1-2H3,(H,28,30)/t19?,20-,22-,23-/m0/s1. The molecule has 0 aliphatic carbocycles. The third-order valence-electron chi connectivity index (χ3n) is 6.06. The number of ether oxygens (including phenoxy) is 2. The maximum absolute atomic E-state index is 13.3. The van der Waals surface area contributed by atoms with E-state index in [1.54, 1.807) is 11.8 Å². The molecule has 1 amide bonds. The van der Waals surface area contributed by atoms with Gasteiger partial charge in [0.1, 0.15) is 17.9 Å². The van der Waals surface area contributed by atoms with Crippen molar-refractivity contribution in [3.8, 4) is 5.75 Å². The number of hydrogen-bond acceptors (Lipinski definition) is 8. The van der Waals surface area contributed by atoms with Gasteiger partial charge in [0.2, 0.25) is 5.91 Å². The smallest absolute Gasteiger partial charge is 0.328 e. The lowest BCUT2D eigenvalue weighted by atomic mass is 10.1. The third-order valence-corrected chi connectivity index (χ3v) is 7.12. The second-order valence-electron chi connectivity index (χ2n) is 8.56. The molecule has 2 aromatic carbocycles. The van der Waals surface area contributed by atoms with Crippen LogP contribution in [-0.2, 0) is 14.3 Å². The van der Waals surface area contributed by atoms with Crippen LogP contribution >= 0.6 is 24.4 Å². The van der Waals surface area contributed by atoms with Crippen molar-refractivity contribution >= 4 is 47.0 Å². The number of methoxy groups -OCH3 is 1. The van der Waals surface area contributed by atoms with Gasteiger partial charge in [-0.3, -0.25) is 9.69 Å². The van der Waals surface area contributed by atoms with Crippen molar-refractivity contribution in [2.75, 3.05) is 38.0 Å². The van der Waals surface area contributed by atoms with Gasteiger partial charge in [0, 0.05) is 36.7 Å². The van der Waals surface area contributed by atoms with Gasteiger partial charge in [0.15, 0.2) is 0 Å². The second-order valence-corrected chi connectivity index (χ2v) is 9.91. The Labute approximate surface area is 217 Å². The zero-order valence-corrected chi connectivity index (χ0v) is 22.0. The van der Waals surface area contributed by atoms with Gasteiger partial charge >= 0.3 is 5.97 Å². The number of nitrogens with one attached hydrogen (secondary N) is 1. The molecule has 4 atom stereocenters. The summed E-state index contributed by atoms with van der Waals surface area (Å²) in [6.07, 6.45) is 6.68. The molecule has 0 aromatic heterocycles. The summed E-state index contributed by atoms with van der Waals surface area (Å²) in [6, 6.07) is 12.8. The molecule has 9 heteroatoms. The van der Waals surface area contributed by atoms with Crippen molar-refractivity contribution in [1.29, 1.82) is 0 Å². The SMILES string of the molecule is COC(=O)[C@H](CCSC)NC(=O)[C@@H]1C[C@H](Oc2cccc3ccccc23)CN1CC=CC(N)CS. The lowest BCUT2D eigenvalue weighted by molar-refractivity contribution is -0.145. The van der Waals surface area contributed by atoms with Crippen LogP contribution in [-0.4, -0.2) is 79.0 Å². The molecule has 1 saturated heterocycles. The van der Waals surface area contributed by atoms with E-state index < -0.39 is 18.1 Å². The topological polar surface area (TPSA) is 93.9 Å². The summed E-state index contributed by atoms with van der Waals surface area (Å²) in [7, 11) is 1.34. The minimum Gasteiger partial charge on any atom is -0.488 e. The summed E-state index contributed by atoms with van der Waals surface area (Å²) in [5.74, 6) is 1.46. The van der Waals surface area contributed by atoms with Gasteiger partial charge in [-0.25, -0.2) is 4.79 Å². The quantitative estimate of drug-likeness (QED) is 0.226. The summed E-state index contributed by atoms with van der Waals surface area (Å²) >= 11 is 5.84. The Morgan fingerprint density at radius 3 is 2.80 bits per heavy atom. The lowest BCUT2D eigenvalue weighted by Gasteiger charge is -2.24. The number of carbonyl (C=O) groups excluding carboxylic acids is 2. The highest BCUT2D eigenvalue weighted by Crippen LogP contribution is 2.29.